The van der Waals surface area contributed by atoms with Crippen molar-refractivity contribution in [1.82, 2.24) is 0 Å². The van der Waals surface area contributed by atoms with Crippen molar-refractivity contribution in [3.8, 4) is 0 Å². The Kier molecular flexibility index (Phi) is 111. The van der Waals surface area contributed by atoms with Crippen LogP contribution in [0.3, 0.4) is 0 Å². The maximum atomic E-state index is 4.99. The number of hydrogen-bond acceptors (Lipinski definition) is 0. The second-order valence-corrected chi connectivity index (χ2v) is 7.98. The van der Waals surface area contributed by atoms with Gasteiger partial charge in [-0.1, -0.05) is 0 Å². The second-order valence-electron chi connectivity index (χ2n) is 0.101. The third-order valence-electron chi connectivity index (χ3n) is 0. The molecule has 0 saturated heterocycles. The Morgan fingerprint density at radius 2 is 1.00 bits per heavy atom. The van der Waals surface area contributed by atoms with Crippen LogP contribution in [0.25, 0.3) is 0 Å². The van der Waals surface area contributed by atoms with E-state index in [2.05, 4.69) is 0 Å². The largest absolute Gasteiger partial charge is 2.00 e. The Hall–Kier alpha value is 2.12. The molecule has 0 saturated carbocycles. The van der Waals surface area contributed by atoms with Crippen LogP contribution in [0.1, 0.15) is 0 Å². The molecule has 0 radical (unpaired) electrons. The molecule has 0 aromatic heterocycles. The van der Waals surface area contributed by atoms with Crippen molar-refractivity contribution in [3.05, 3.63) is 0 Å². The molecule has 38 valence electrons. The summed E-state index contributed by atoms with van der Waals surface area (Å²) in [5, 5.41) is 0. The van der Waals surface area contributed by atoms with Crippen LogP contribution < -0.4 is 0 Å². The Labute approximate surface area is 69.8 Å². The fourth-order valence-corrected chi connectivity index (χ4v) is 0. The Balaban J connectivity index is -0.00000000667. The summed E-state index contributed by atoms with van der Waals surface area (Å²) in [5.74, 6) is 0. The van der Waals surface area contributed by atoms with Crippen molar-refractivity contribution in [3.63, 3.8) is 0 Å². The molecule has 0 amide bonds. The Morgan fingerprint density at radius 3 is 1.00 bits per heavy atom. The van der Waals surface area contributed by atoms with E-state index < -0.39 is 22.1 Å². The van der Waals surface area contributed by atoms with E-state index in [0.717, 1.165) is 0 Å². The maximum Gasteiger partial charge on any atom is 0 e. The quantitative estimate of drug-likeness (QED) is 0.461. The van der Waals surface area contributed by atoms with Gasteiger partial charge in [0.05, 0.1) is 0 Å². The molecular weight excluding hydrogens is 487 g/mol. The van der Waals surface area contributed by atoms with E-state index in [0.29, 0.717) is 0 Å². The van der Waals surface area contributed by atoms with Gasteiger partial charge in [-0.25, -0.2) is 0 Å². The summed E-state index contributed by atoms with van der Waals surface area (Å²) >= 11 is -1.14. The third-order valence-corrected chi connectivity index (χ3v) is 0. The molecule has 0 spiro atoms. The summed E-state index contributed by atoms with van der Waals surface area (Å²) < 4.78 is 0. The second kappa shape index (κ2) is 27.4. The average molecular weight is 487 g/mol. The fourth-order valence-electron chi connectivity index (χ4n) is 0. The summed E-state index contributed by atoms with van der Waals surface area (Å²) in [6, 6.07) is 0. The number of hydrogen-bond donors (Lipinski definition) is 0. The summed E-state index contributed by atoms with van der Waals surface area (Å²) in [6.07, 6.45) is 0. The zero-order chi connectivity index (χ0) is 2.71. The zero-order valence-corrected chi connectivity index (χ0v) is 12.6. The van der Waals surface area contributed by atoms with Gasteiger partial charge in [0.15, 0.2) is 0 Å². The molecule has 6 heteroatoms. The molecule has 0 aliphatic rings. The standard InChI is InChI=1S/2ClH.Hg.2O.W/h2*1H;;;;/q;;+2;2*-2;/p-2. The molecule has 0 bridgehead atoms. The molecule has 0 aromatic rings. The van der Waals surface area contributed by atoms with Gasteiger partial charge >= 0.3 is 38.6 Å². The third kappa shape index (κ3) is 35.6. The van der Waals surface area contributed by atoms with E-state index in [9.17, 15) is 0 Å². The van der Waals surface area contributed by atoms with Crippen molar-refractivity contribution in [2.24, 2.45) is 0 Å². The molecule has 0 aliphatic heterocycles. The smallest absolute Gasteiger partial charge is 0 e. The van der Waals surface area contributed by atoms with Crippen molar-refractivity contribution in [2.75, 3.05) is 0 Å². The number of halogens is 2. The van der Waals surface area contributed by atoms with Crippen LogP contribution in [-0.4, -0.2) is 0 Å². The van der Waals surface area contributed by atoms with E-state index >= 15 is 0 Å². The van der Waals surface area contributed by atoms with Crippen molar-refractivity contribution < 1.29 is 54.1 Å². The fraction of sp³-hybridized carbons (Fsp3) is 0. The molecule has 0 rings (SSSR count). The van der Waals surface area contributed by atoms with Gasteiger partial charge in [-0.15, -0.1) is 0 Å². The molecule has 0 unspecified atom stereocenters. The SMILES string of the molecule is [Cl][Hg][Cl].[O-2].[O-2].[W]. The van der Waals surface area contributed by atoms with Gasteiger partial charge in [-0.05, 0) is 0 Å². The minimum absolute atomic E-state index is 0. The monoisotopic (exact) mass is 488 g/mol. The van der Waals surface area contributed by atoms with Crippen LogP contribution in [0.4, 0.5) is 0 Å². The van der Waals surface area contributed by atoms with E-state index in [-0.39, 0.29) is 32.0 Å². The van der Waals surface area contributed by atoms with Gasteiger partial charge in [0.25, 0.3) is 0 Å². The molecule has 6 heavy (non-hydrogen) atoms. The van der Waals surface area contributed by atoms with Crippen molar-refractivity contribution in [1.29, 1.82) is 0 Å². The zero-order valence-electron chi connectivity index (χ0n) is 2.69. The summed E-state index contributed by atoms with van der Waals surface area (Å²) in [6.45, 7) is 0. The van der Waals surface area contributed by atoms with E-state index in [1.54, 1.807) is 0 Å². The minimum Gasteiger partial charge on any atom is -2.00 e. The first-order chi connectivity index (χ1) is 1.41. The first-order valence-electron chi connectivity index (χ1n) is 0.535. The Bertz CT molecular complexity index is 11.5. The van der Waals surface area contributed by atoms with Crippen LogP contribution in [0.5, 0.6) is 0 Å². The maximum absolute atomic E-state index is 4.99. The van der Waals surface area contributed by atoms with E-state index in [4.69, 9.17) is 16.5 Å². The van der Waals surface area contributed by atoms with Crippen molar-refractivity contribution >= 4 is 16.5 Å². The summed E-state index contributed by atoms with van der Waals surface area (Å²) in [4.78, 5) is 0. The van der Waals surface area contributed by atoms with Crippen LogP contribution >= 0.6 is 16.5 Å². The van der Waals surface area contributed by atoms with Gasteiger partial charge < -0.3 is 11.0 Å². The average Bonchev–Trinajstić information content (AvgIpc) is 0.918. The van der Waals surface area contributed by atoms with Gasteiger partial charge in [0.2, 0.25) is 0 Å². The molecule has 0 atom stereocenters. The summed E-state index contributed by atoms with van der Waals surface area (Å²) in [7, 11) is 9.97. The topological polar surface area (TPSA) is 57.0 Å². The molecule has 2 nitrogen and oxygen atoms in total. The predicted octanol–water partition coefficient (Wildman–Crippen LogP) is 1.14. The normalized spacial score (nSPS) is 1.67. The van der Waals surface area contributed by atoms with Gasteiger partial charge in [-0.2, -0.15) is 0 Å². The van der Waals surface area contributed by atoms with Crippen LogP contribution in [0, 0.1) is 0 Å². The molecule has 0 N–H and O–H groups in total. The van der Waals surface area contributed by atoms with Crippen molar-refractivity contribution in [2.45, 2.75) is 0 Å². The van der Waals surface area contributed by atoms with Crippen LogP contribution in [-0.2, 0) is 54.1 Å². The molecule has 0 heterocycles. The van der Waals surface area contributed by atoms with Crippen LogP contribution in [0.2, 0.25) is 0 Å². The Morgan fingerprint density at radius 1 is 1.00 bits per heavy atom. The predicted molar refractivity (Wildman–Crippen MR) is 13.1 cm³/mol. The molecule has 0 fully saturated rings. The van der Waals surface area contributed by atoms with E-state index in [1.165, 1.54) is 0 Å². The first-order valence-corrected chi connectivity index (χ1v) is 14.1. The summed E-state index contributed by atoms with van der Waals surface area (Å²) in [5.41, 5.74) is 0. The van der Waals surface area contributed by atoms with E-state index in [1.807, 2.05) is 0 Å². The molecule has 0 aliphatic carbocycles. The van der Waals surface area contributed by atoms with Gasteiger partial charge in [-0.3, -0.25) is 0 Å². The molecular formula is Cl2HgO2W-4. The van der Waals surface area contributed by atoms with Crippen LogP contribution in [0.15, 0.2) is 0 Å². The first kappa shape index (κ1) is 24.2. The number of rotatable bonds is 0. The van der Waals surface area contributed by atoms with Gasteiger partial charge in [0.1, 0.15) is 0 Å². The van der Waals surface area contributed by atoms with Gasteiger partial charge in [0, 0.05) is 21.1 Å². The molecule has 0 aromatic carbocycles. The minimum atomic E-state index is -1.14.